The minimum absolute atomic E-state index is 0.0518. The largest absolute Gasteiger partial charge is 0.372 e. The minimum atomic E-state index is -0.0518. The molecule has 1 saturated carbocycles. The van der Waals surface area contributed by atoms with Crippen molar-refractivity contribution in [3.63, 3.8) is 0 Å². The lowest BCUT2D eigenvalue weighted by molar-refractivity contribution is 0.0626. The van der Waals surface area contributed by atoms with Gasteiger partial charge in [0.1, 0.15) is 12.2 Å². The molecule has 0 bridgehead atoms. The molecule has 1 aliphatic carbocycles. The summed E-state index contributed by atoms with van der Waals surface area (Å²) in [5.41, 5.74) is 2.62. The summed E-state index contributed by atoms with van der Waals surface area (Å²) in [7, 11) is 1.94. The molecule has 7 nitrogen and oxygen atoms in total. The summed E-state index contributed by atoms with van der Waals surface area (Å²) in [6.07, 6.45) is 15.4. The van der Waals surface area contributed by atoms with Gasteiger partial charge in [0.15, 0.2) is 0 Å². The molecule has 4 rings (SSSR count). The zero-order chi connectivity index (χ0) is 25.9. The fraction of sp³-hybridized carbons (Fsp3) is 0.862. The van der Waals surface area contributed by atoms with Crippen LogP contribution < -0.4 is 16.5 Å². The summed E-state index contributed by atoms with van der Waals surface area (Å²) in [6.45, 7) is 14.3. The van der Waals surface area contributed by atoms with Crippen LogP contribution in [0.4, 0.5) is 0 Å². The zero-order valence-corrected chi connectivity index (χ0v) is 23.8. The molecule has 0 radical (unpaired) electrons. The number of rotatable bonds is 11. The van der Waals surface area contributed by atoms with Crippen LogP contribution in [0.15, 0.2) is 23.3 Å². The van der Waals surface area contributed by atoms with E-state index in [1.54, 1.807) is 5.01 Å². The van der Waals surface area contributed by atoms with E-state index in [4.69, 9.17) is 15.3 Å². The number of likely N-dealkylation sites (N-methyl/N-ethyl adjacent to an activating group) is 1. The molecule has 0 aromatic heterocycles. The van der Waals surface area contributed by atoms with Crippen molar-refractivity contribution in [3.05, 3.63) is 23.3 Å². The maximum atomic E-state index is 6.33. The lowest BCUT2D eigenvalue weighted by Gasteiger charge is -2.31. The van der Waals surface area contributed by atoms with Gasteiger partial charge in [-0.3, -0.25) is 16.1 Å². The minimum Gasteiger partial charge on any atom is -0.372 e. The highest BCUT2D eigenvalue weighted by Crippen LogP contribution is 2.29. The Labute approximate surface area is 221 Å². The summed E-state index contributed by atoms with van der Waals surface area (Å²) >= 11 is 0. The summed E-state index contributed by atoms with van der Waals surface area (Å²) < 4.78 is 12.5. The lowest BCUT2D eigenvalue weighted by atomic mass is 9.89. The van der Waals surface area contributed by atoms with Crippen LogP contribution in [0.5, 0.6) is 0 Å². The smallest absolute Gasteiger partial charge is 0.103 e. The monoisotopic (exact) mass is 505 g/mol. The molecule has 5 unspecified atom stereocenters. The van der Waals surface area contributed by atoms with Crippen LogP contribution in [-0.2, 0) is 9.47 Å². The van der Waals surface area contributed by atoms with E-state index in [1.807, 2.05) is 20.9 Å². The molecule has 4 aliphatic rings. The Bertz CT molecular complexity index is 685. The standard InChI is InChI=1S/C27H49N5O2.C2H6/c1-4-10-22(17-32-13-8-9-14-32)15-20(2)27(31(3)28)30-24-19-34-25-23(18-33-26(24)25)29-16-21-11-6-5-7-12-21;1-2/h10,15,21,23-27,29-30H,4-9,11-14,16-19,28H2,1-3H3;1-2H3/b20-15+,22-10+;. The van der Waals surface area contributed by atoms with Gasteiger partial charge in [0.2, 0.25) is 0 Å². The van der Waals surface area contributed by atoms with E-state index in [0.717, 1.165) is 32.0 Å². The Morgan fingerprint density at radius 2 is 1.67 bits per heavy atom. The SMILES string of the molecule is CC.CC/C=C(\C=C(/C)C(NC1COC2C(NCC3CCCCC3)COC12)N(C)N)CN1CCCC1. The van der Waals surface area contributed by atoms with Crippen LogP contribution in [0, 0.1) is 5.92 Å². The van der Waals surface area contributed by atoms with Crippen molar-refractivity contribution in [2.75, 3.05) is 46.4 Å². The summed E-state index contributed by atoms with van der Waals surface area (Å²) in [5, 5.41) is 9.33. The second kappa shape index (κ2) is 15.6. The molecular weight excluding hydrogens is 450 g/mol. The maximum absolute atomic E-state index is 6.33. The van der Waals surface area contributed by atoms with Gasteiger partial charge in [-0.1, -0.05) is 52.2 Å². The summed E-state index contributed by atoms with van der Waals surface area (Å²) in [5.74, 6) is 7.15. The molecule has 7 heteroatoms. The van der Waals surface area contributed by atoms with Gasteiger partial charge in [0.05, 0.1) is 31.5 Å². The number of fused-ring (bicyclic) bond motifs is 1. The van der Waals surface area contributed by atoms with Gasteiger partial charge in [-0.25, -0.2) is 5.01 Å². The molecule has 5 atom stereocenters. The number of nitrogens with one attached hydrogen (secondary N) is 2. The van der Waals surface area contributed by atoms with Crippen LogP contribution in [0.25, 0.3) is 0 Å². The molecule has 0 aromatic carbocycles. The predicted octanol–water partition coefficient (Wildman–Crippen LogP) is 3.82. The van der Waals surface area contributed by atoms with E-state index in [-0.39, 0.29) is 24.4 Å². The van der Waals surface area contributed by atoms with Gasteiger partial charge in [-0.05, 0) is 75.7 Å². The molecule has 3 heterocycles. The normalized spacial score (nSPS) is 31.0. The Hall–Kier alpha value is -0.800. The maximum Gasteiger partial charge on any atom is 0.103 e. The highest BCUT2D eigenvalue weighted by molar-refractivity contribution is 5.27. The van der Waals surface area contributed by atoms with E-state index in [1.165, 1.54) is 69.2 Å². The molecule has 208 valence electrons. The average Bonchev–Trinajstić information content (AvgIpc) is 3.62. The third-order valence-corrected chi connectivity index (χ3v) is 8.14. The van der Waals surface area contributed by atoms with Crippen molar-refractivity contribution in [3.8, 4) is 0 Å². The number of hydrazine groups is 1. The van der Waals surface area contributed by atoms with Gasteiger partial charge in [0.25, 0.3) is 0 Å². The van der Waals surface area contributed by atoms with Crippen LogP contribution in [-0.4, -0.2) is 86.8 Å². The molecule has 4 N–H and O–H groups in total. The average molecular weight is 506 g/mol. The second-order valence-corrected chi connectivity index (χ2v) is 11.0. The second-order valence-electron chi connectivity index (χ2n) is 11.0. The zero-order valence-electron chi connectivity index (χ0n) is 23.8. The predicted molar refractivity (Wildman–Crippen MR) is 150 cm³/mol. The van der Waals surface area contributed by atoms with Gasteiger partial charge in [0, 0.05) is 13.6 Å². The number of nitrogens with zero attached hydrogens (tertiary/aromatic N) is 2. The van der Waals surface area contributed by atoms with Crippen LogP contribution in [0.1, 0.15) is 79.1 Å². The van der Waals surface area contributed by atoms with Crippen molar-refractivity contribution in [2.45, 2.75) is 110 Å². The summed E-state index contributed by atoms with van der Waals surface area (Å²) in [6, 6.07) is 0.437. The summed E-state index contributed by atoms with van der Waals surface area (Å²) in [4.78, 5) is 2.56. The first kappa shape index (κ1) is 29.8. The topological polar surface area (TPSA) is 75.0 Å². The molecule has 0 amide bonds. The molecule has 3 aliphatic heterocycles. The van der Waals surface area contributed by atoms with Crippen LogP contribution in [0.3, 0.4) is 0 Å². The van der Waals surface area contributed by atoms with Crippen molar-refractivity contribution in [2.24, 2.45) is 11.8 Å². The first-order valence-electron chi connectivity index (χ1n) is 14.8. The molecule has 0 spiro atoms. The third-order valence-electron chi connectivity index (χ3n) is 8.14. The molecule has 36 heavy (non-hydrogen) atoms. The van der Waals surface area contributed by atoms with Crippen LogP contribution in [0.2, 0.25) is 0 Å². The van der Waals surface area contributed by atoms with Gasteiger partial charge >= 0.3 is 0 Å². The van der Waals surface area contributed by atoms with Gasteiger partial charge in [-0.2, -0.15) is 0 Å². The Morgan fingerprint density at radius 3 is 2.31 bits per heavy atom. The molecule has 3 saturated heterocycles. The fourth-order valence-corrected chi connectivity index (χ4v) is 6.30. The molecular formula is C29H55N5O2. The van der Waals surface area contributed by atoms with E-state index >= 15 is 0 Å². The van der Waals surface area contributed by atoms with Gasteiger partial charge in [-0.15, -0.1) is 0 Å². The highest BCUT2D eigenvalue weighted by atomic mass is 16.6. The quantitative estimate of drug-likeness (QED) is 0.171. The van der Waals surface area contributed by atoms with Crippen LogP contribution >= 0.6 is 0 Å². The number of likely N-dealkylation sites (tertiary alicyclic amines) is 1. The number of nitrogens with two attached hydrogens (primary N) is 1. The Morgan fingerprint density at radius 1 is 1.03 bits per heavy atom. The van der Waals surface area contributed by atoms with E-state index in [2.05, 4.69) is 41.5 Å². The van der Waals surface area contributed by atoms with E-state index in [9.17, 15) is 0 Å². The number of allylic oxidation sites excluding steroid dienone is 1. The van der Waals surface area contributed by atoms with Crippen molar-refractivity contribution in [1.82, 2.24) is 20.5 Å². The van der Waals surface area contributed by atoms with E-state index in [0.29, 0.717) is 12.6 Å². The number of hydrogen-bond donors (Lipinski definition) is 3. The number of hydrogen-bond acceptors (Lipinski definition) is 7. The fourth-order valence-electron chi connectivity index (χ4n) is 6.30. The van der Waals surface area contributed by atoms with Crippen molar-refractivity contribution < 1.29 is 9.47 Å². The lowest BCUT2D eigenvalue weighted by Crippen LogP contribution is -2.55. The number of ether oxygens (including phenoxy) is 2. The van der Waals surface area contributed by atoms with Gasteiger partial charge < -0.3 is 14.8 Å². The first-order chi connectivity index (χ1) is 17.5. The van der Waals surface area contributed by atoms with E-state index < -0.39 is 0 Å². The third kappa shape index (κ3) is 8.35. The highest BCUT2D eigenvalue weighted by Gasteiger charge is 2.48. The van der Waals surface area contributed by atoms with Crippen molar-refractivity contribution in [1.29, 1.82) is 0 Å². The molecule has 0 aromatic rings. The Kier molecular flexibility index (Phi) is 12.9. The Balaban J connectivity index is 0.00000176. The van der Waals surface area contributed by atoms with Crippen molar-refractivity contribution >= 4 is 0 Å². The molecule has 4 fully saturated rings. The first-order valence-corrected chi connectivity index (χ1v) is 14.8.